The fraction of sp³-hybridized carbons (Fsp3) is 0.389. The van der Waals surface area contributed by atoms with E-state index in [1.54, 1.807) is 17.5 Å². The molecule has 0 radical (unpaired) electrons. The number of aromatic nitrogens is 3. The van der Waals surface area contributed by atoms with Crippen molar-refractivity contribution in [2.24, 2.45) is 0 Å². The maximum atomic E-state index is 13.6. The van der Waals surface area contributed by atoms with Crippen molar-refractivity contribution in [3.05, 3.63) is 41.0 Å². The number of thiophene rings is 1. The van der Waals surface area contributed by atoms with Crippen LogP contribution in [-0.4, -0.2) is 64.8 Å². The highest BCUT2D eigenvalue weighted by atomic mass is 32.1. The molecule has 3 aromatic rings. The zero-order chi connectivity index (χ0) is 20.4. The molecule has 0 atom stereocenters. The van der Waals surface area contributed by atoms with E-state index >= 15 is 0 Å². The van der Waals surface area contributed by atoms with Gasteiger partial charge in [-0.05, 0) is 17.5 Å². The molecule has 1 aliphatic rings. The molecule has 7 nitrogen and oxygen atoms in total. The van der Waals surface area contributed by atoms with E-state index in [2.05, 4.69) is 20.3 Å². The molecule has 1 N–H and O–H groups in total. The van der Waals surface area contributed by atoms with Crippen molar-refractivity contribution in [3.8, 4) is 10.6 Å². The Kier molecular flexibility index (Phi) is 5.52. The van der Waals surface area contributed by atoms with E-state index in [0.29, 0.717) is 35.7 Å². The number of carbonyl (C=O) groups excluding carboxylic acids is 1. The summed E-state index contributed by atoms with van der Waals surface area (Å²) in [4.78, 5) is 19.4. The molecule has 0 aromatic carbocycles. The quantitative estimate of drug-likeness (QED) is 0.680. The lowest BCUT2D eigenvalue weighted by Crippen LogP contribution is -2.41. The number of alkyl halides is 3. The van der Waals surface area contributed by atoms with Gasteiger partial charge in [0, 0.05) is 32.2 Å². The van der Waals surface area contributed by atoms with Crippen LogP contribution in [-0.2, 0) is 10.9 Å². The monoisotopic (exact) mass is 425 g/mol. The smallest absolute Gasteiger partial charge is 0.379 e. The van der Waals surface area contributed by atoms with E-state index in [4.69, 9.17) is 4.74 Å². The van der Waals surface area contributed by atoms with Gasteiger partial charge in [-0.25, -0.2) is 9.50 Å². The van der Waals surface area contributed by atoms with Crippen LogP contribution in [0.4, 0.5) is 13.2 Å². The molecule has 0 saturated carbocycles. The summed E-state index contributed by atoms with van der Waals surface area (Å²) in [6, 6.07) is 5.66. The van der Waals surface area contributed by atoms with Gasteiger partial charge in [0.1, 0.15) is 0 Å². The van der Waals surface area contributed by atoms with Gasteiger partial charge < -0.3 is 10.1 Å². The molecule has 154 valence electrons. The minimum atomic E-state index is -4.64. The third kappa shape index (κ3) is 4.41. The van der Waals surface area contributed by atoms with E-state index < -0.39 is 17.8 Å². The molecule has 3 aromatic heterocycles. The van der Waals surface area contributed by atoms with Crippen molar-refractivity contribution in [1.29, 1.82) is 0 Å². The second-order valence-corrected chi connectivity index (χ2v) is 7.46. The molecule has 0 bridgehead atoms. The van der Waals surface area contributed by atoms with Crippen molar-refractivity contribution in [3.63, 3.8) is 0 Å². The molecule has 1 saturated heterocycles. The minimum absolute atomic E-state index is 0.0263. The van der Waals surface area contributed by atoms with Crippen LogP contribution in [0.15, 0.2) is 29.6 Å². The number of carbonyl (C=O) groups is 1. The summed E-state index contributed by atoms with van der Waals surface area (Å²) in [5.41, 5.74) is -0.910. The summed E-state index contributed by atoms with van der Waals surface area (Å²) in [5.74, 6) is -0.533. The summed E-state index contributed by atoms with van der Waals surface area (Å²) in [6.07, 6.45) is -4.64. The third-order valence-electron chi connectivity index (χ3n) is 4.54. The van der Waals surface area contributed by atoms with Crippen LogP contribution in [0.1, 0.15) is 16.2 Å². The van der Waals surface area contributed by atoms with Crippen molar-refractivity contribution in [2.75, 3.05) is 39.4 Å². The average Bonchev–Trinajstić information content (AvgIpc) is 3.37. The first-order valence-corrected chi connectivity index (χ1v) is 9.90. The summed E-state index contributed by atoms with van der Waals surface area (Å²) in [5, 5.41) is 8.32. The van der Waals surface area contributed by atoms with Gasteiger partial charge in [0.05, 0.1) is 23.8 Å². The number of halogens is 3. The van der Waals surface area contributed by atoms with Gasteiger partial charge in [0.25, 0.3) is 5.91 Å². The summed E-state index contributed by atoms with van der Waals surface area (Å²) < 4.78 is 46.6. The summed E-state index contributed by atoms with van der Waals surface area (Å²) >= 11 is 1.29. The number of nitrogens with zero attached hydrogens (tertiary/aromatic N) is 4. The average molecular weight is 425 g/mol. The molecule has 4 rings (SSSR count). The lowest BCUT2D eigenvalue weighted by molar-refractivity contribution is -0.142. The SMILES string of the molecule is O=C(NCCN1CCOCC1)c1cc2nc(-c3cccs3)cc(C(F)(F)F)n2n1. The predicted molar refractivity (Wildman–Crippen MR) is 101 cm³/mol. The first kappa shape index (κ1) is 19.8. The Balaban J connectivity index is 1.56. The van der Waals surface area contributed by atoms with Crippen molar-refractivity contribution in [1.82, 2.24) is 24.8 Å². The largest absolute Gasteiger partial charge is 0.433 e. The number of hydrogen-bond donors (Lipinski definition) is 1. The molecule has 0 aliphatic carbocycles. The zero-order valence-electron chi connectivity index (χ0n) is 15.3. The Morgan fingerprint density at radius 2 is 2.07 bits per heavy atom. The Labute approximate surface area is 168 Å². The predicted octanol–water partition coefficient (Wildman–Crippen LogP) is 2.54. The van der Waals surface area contributed by atoms with E-state index in [9.17, 15) is 18.0 Å². The Bertz CT molecular complexity index is 997. The molecular weight excluding hydrogens is 407 g/mol. The molecule has 4 heterocycles. The molecule has 1 aliphatic heterocycles. The maximum Gasteiger partial charge on any atom is 0.433 e. The number of nitrogens with one attached hydrogen (secondary N) is 1. The van der Waals surface area contributed by atoms with E-state index in [-0.39, 0.29) is 17.0 Å². The highest BCUT2D eigenvalue weighted by molar-refractivity contribution is 7.13. The van der Waals surface area contributed by atoms with Crippen LogP contribution in [0, 0.1) is 0 Å². The summed E-state index contributed by atoms with van der Waals surface area (Å²) in [6.45, 7) is 3.88. The topological polar surface area (TPSA) is 71.8 Å². The zero-order valence-corrected chi connectivity index (χ0v) is 16.1. The molecular formula is C18H18F3N5O2S. The number of morpholine rings is 1. The van der Waals surface area contributed by atoms with Gasteiger partial charge in [-0.15, -0.1) is 11.3 Å². The van der Waals surface area contributed by atoms with Crippen molar-refractivity contribution in [2.45, 2.75) is 6.18 Å². The molecule has 11 heteroatoms. The Morgan fingerprint density at radius 1 is 1.28 bits per heavy atom. The first-order chi connectivity index (χ1) is 13.9. The van der Waals surface area contributed by atoms with Gasteiger partial charge in [0.2, 0.25) is 0 Å². The maximum absolute atomic E-state index is 13.6. The Morgan fingerprint density at radius 3 is 2.76 bits per heavy atom. The van der Waals surface area contributed by atoms with Crippen molar-refractivity contribution < 1.29 is 22.7 Å². The lowest BCUT2D eigenvalue weighted by atomic mass is 10.2. The van der Waals surface area contributed by atoms with Crippen LogP contribution < -0.4 is 5.32 Å². The van der Waals surface area contributed by atoms with Crippen LogP contribution in [0.25, 0.3) is 16.2 Å². The lowest BCUT2D eigenvalue weighted by Gasteiger charge is -2.26. The Hall–Kier alpha value is -2.50. The van der Waals surface area contributed by atoms with E-state index in [1.807, 2.05) is 0 Å². The van der Waals surface area contributed by atoms with Gasteiger partial charge >= 0.3 is 6.18 Å². The third-order valence-corrected chi connectivity index (χ3v) is 5.43. The van der Waals surface area contributed by atoms with E-state index in [1.165, 1.54) is 17.4 Å². The van der Waals surface area contributed by atoms with Gasteiger partial charge in [-0.2, -0.15) is 18.3 Å². The fourth-order valence-corrected chi connectivity index (χ4v) is 3.77. The first-order valence-electron chi connectivity index (χ1n) is 9.02. The molecule has 1 amide bonds. The second kappa shape index (κ2) is 8.09. The molecule has 29 heavy (non-hydrogen) atoms. The fourth-order valence-electron chi connectivity index (χ4n) is 3.08. The highest BCUT2D eigenvalue weighted by Gasteiger charge is 2.35. The standard InChI is InChI=1S/C18H18F3N5O2S/c19-18(20,21)15-10-12(14-2-1-9-29-14)23-16-11-13(24-26(15)16)17(27)22-3-4-25-5-7-28-8-6-25/h1-2,9-11H,3-8H2,(H,22,27). The molecule has 0 spiro atoms. The van der Waals surface area contributed by atoms with Crippen LogP contribution in [0.5, 0.6) is 0 Å². The van der Waals surface area contributed by atoms with Crippen molar-refractivity contribution >= 4 is 22.9 Å². The number of rotatable bonds is 5. The number of ether oxygens (including phenoxy) is 1. The van der Waals surface area contributed by atoms with Gasteiger partial charge in [0.15, 0.2) is 17.0 Å². The van der Waals surface area contributed by atoms with Crippen LogP contribution in [0.3, 0.4) is 0 Å². The minimum Gasteiger partial charge on any atom is -0.379 e. The molecule has 1 fully saturated rings. The van der Waals surface area contributed by atoms with Gasteiger partial charge in [-0.1, -0.05) is 6.07 Å². The van der Waals surface area contributed by atoms with Crippen LogP contribution >= 0.6 is 11.3 Å². The number of amides is 1. The van der Waals surface area contributed by atoms with E-state index in [0.717, 1.165) is 19.2 Å². The second-order valence-electron chi connectivity index (χ2n) is 6.51. The normalized spacial score (nSPS) is 15.7. The van der Waals surface area contributed by atoms with Gasteiger partial charge in [-0.3, -0.25) is 9.69 Å². The molecule has 0 unspecified atom stereocenters. The van der Waals surface area contributed by atoms with Crippen LogP contribution in [0.2, 0.25) is 0 Å². The number of fused-ring (bicyclic) bond motifs is 1. The highest BCUT2D eigenvalue weighted by Crippen LogP contribution is 2.33. The number of hydrogen-bond acceptors (Lipinski definition) is 6. The summed E-state index contributed by atoms with van der Waals surface area (Å²) in [7, 11) is 0.